The second-order valence-corrected chi connectivity index (χ2v) is 4.12. The van der Waals surface area contributed by atoms with Crippen molar-refractivity contribution in [3.05, 3.63) is 18.2 Å². The number of benzene rings is 1. The fourth-order valence-corrected chi connectivity index (χ4v) is 1.63. The zero-order valence-corrected chi connectivity index (χ0v) is 9.76. The summed E-state index contributed by atoms with van der Waals surface area (Å²) in [5.41, 5.74) is 0. The van der Waals surface area contributed by atoms with Crippen molar-refractivity contribution in [2.24, 2.45) is 0 Å². The Morgan fingerprint density at radius 3 is 2.94 bits per heavy atom. The van der Waals surface area contributed by atoms with Crippen LogP contribution in [0.3, 0.4) is 0 Å². The van der Waals surface area contributed by atoms with E-state index in [4.69, 9.17) is 23.7 Å². The summed E-state index contributed by atoms with van der Waals surface area (Å²) >= 11 is 0. The highest BCUT2D eigenvalue weighted by molar-refractivity contribution is 5.53. The maximum absolute atomic E-state index is 5.63. The van der Waals surface area contributed by atoms with Crippen LogP contribution in [0.2, 0.25) is 0 Å². The fourth-order valence-electron chi connectivity index (χ4n) is 1.63. The van der Waals surface area contributed by atoms with Gasteiger partial charge in [0.2, 0.25) is 5.75 Å². The van der Waals surface area contributed by atoms with E-state index in [-0.39, 0.29) is 6.10 Å². The van der Waals surface area contributed by atoms with Crippen LogP contribution in [-0.2, 0) is 9.47 Å². The van der Waals surface area contributed by atoms with Crippen molar-refractivity contribution in [1.29, 1.82) is 0 Å². The summed E-state index contributed by atoms with van der Waals surface area (Å²) in [5.74, 6) is 0.789. The Hall–Kier alpha value is -1.46. The Morgan fingerprint density at radius 2 is 2.24 bits per heavy atom. The third-order valence-electron chi connectivity index (χ3n) is 2.72. The predicted octanol–water partition coefficient (Wildman–Crippen LogP) is 1.56. The van der Waals surface area contributed by atoms with Crippen LogP contribution >= 0.6 is 0 Å². The summed E-state index contributed by atoms with van der Waals surface area (Å²) in [4.78, 5) is 0. The fraction of sp³-hybridized carbons (Fsp3) is 0.500. The van der Waals surface area contributed by atoms with Gasteiger partial charge in [-0.1, -0.05) is 6.07 Å². The molecule has 0 spiro atoms. The molecule has 0 saturated carbocycles. The zero-order chi connectivity index (χ0) is 11.9. The summed E-state index contributed by atoms with van der Waals surface area (Å²) in [6.07, 6.45) is 0.210. The molecule has 5 nitrogen and oxygen atoms in total. The highest BCUT2D eigenvalue weighted by Gasteiger charge is 2.39. The van der Waals surface area contributed by atoms with Gasteiger partial charge in [-0.15, -0.1) is 0 Å². The number of methoxy groups -OCH3 is 1. The second-order valence-electron chi connectivity index (χ2n) is 4.12. The number of hydrogen-bond donors (Lipinski definition) is 0. The van der Waals surface area contributed by atoms with Crippen molar-refractivity contribution >= 4 is 0 Å². The molecule has 17 heavy (non-hydrogen) atoms. The van der Waals surface area contributed by atoms with Crippen LogP contribution in [0.15, 0.2) is 18.2 Å². The van der Waals surface area contributed by atoms with Crippen molar-refractivity contribution in [3.63, 3.8) is 0 Å². The quantitative estimate of drug-likeness (QED) is 0.745. The molecule has 92 valence electrons. The molecule has 3 rings (SSSR count). The van der Waals surface area contributed by atoms with E-state index in [2.05, 4.69) is 0 Å². The van der Waals surface area contributed by atoms with Gasteiger partial charge in [0.25, 0.3) is 0 Å². The molecule has 1 aromatic carbocycles. The van der Waals surface area contributed by atoms with Crippen molar-refractivity contribution < 1.29 is 23.7 Å². The standard InChI is InChI=1S/C12H14O5/c1-12(13-2)16-10-5-3-4-9(11(10)17-12)15-7-8-6-14-8/h3-5,8H,6-7H2,1-2H3. The number of epoxide rings is 1. The maximum Gasteiger partial charge on any atom is 0.368 e. The lowest BCUT2D eigenvalue weighted by atomic mass is 10.3. The molecule has 2 unspecified atom stereocenters. The lowest BCUT2D eigenvalue weighted by Gasteiger charge is -2.19. The highest BCUT2D eigenvalue weighted by atomic mass is 16.9. The lowest BCUT2D eigenvalue weighted by molar-refractivity contribution is -0.254. The molecule has 2 heterocycles. The van der Waals surface area contributed by atoms with Gasteiger partial charge in [0.05, 0.1) is 6.61 Å². The number of ether oxygens (including phenoxy) is 5. The first-order valence-corrected chi connectivity index (χ1v) is 5.51. The smallest absolute Gasteiger partial charge is 0.368 e. The molecule has 2 aliphatic heterocycles. The van der Waals surface area contributed by atoms with Gasteiger partial charge >= 0.3 is 5.97 Å². The largest absolute Gasteiger partial charge is 0.487 e. The monoisotopic (exact) mass is 238 g/mol. The molecule has 2 atom stereocenters. The van der Waals surface area contributed by atoms with Gasteiger partial charge < -0.3 is 23.7 Å². The van der Waals surface area contributed by atoms with Crippen LogP contribution in [-0.4, -0.2) is 32.4 Å². The van der Waals surface area contributed by atoms with Crippen molar-refractivity contribution in [2.45, 2.75) is 19.0 Å². The minimum Gasteiger partial charge on any atom is -0.487 e. The number of hydrogen-bond acceptors (Lipinski definition) is 5. The van der Waals surface area contributed by atoms with E-state index in [1.165, 1.54) is 7.11 Å². The van der Waals surface area contributed by atoms with E-state index in [1.54, 1.807) is 6.92 Å². The molecule has 1 fully saturated rings. The van der Waals surface area contributed by atoms with E-state index in [0.29, 0.717) is 23.9 Å². The summed E-state index contributed by atoms with van der Waals surface area (Å²) in [7, 11) is 1.53. The Balaban J connectivity index is 1.80. The zero-order valence-electron chi connectivity index (χ0n) is 9.76. The topological polar surface area (TPSA) is 49.5 Å². The van der Waals surface area contributed by atoms with E-state index in [9.17, 15) is 0 Å². The third-order valence-corrected chi connectivity index (χ3v) is 2.72. The van der Waals surface area contributed by atoms with Gasteiger partial charge in [0.1, 0.15) is 12.7 Å². The minimum atomic E-state index is -1.07. The lowest BCUT2D eigenvalue weighted by Crippen LogP contribution is -2.36. The summed E-state index contributed by atoms with van der Waals surface area (Å²) < 4.78 is 27.0. The van der Waals surface area contributed by atoms with E-state index >= 15 is 0 Å². The number of fused-ring (bicyclic) bond motifs is 1. The maximum atomic E-state index is 5.63. The van der Waals surface area contributed by atoms with Crippen molar-refractivity contribution in [3.8, 4) is 17.2 Å². The Bertz CT molecular complexity index is 429. The molecule has 1 saturated heterocycles. The molecule has 0 aromatic heterocycles. The van der Waals surface area contributed by atoms with Crippen LogP contribution in [0.1, 0.15) is 6.92 Å². The minimum absolute atomic E-state index is 0.210. The average Bonchev–Trinajstić information content (AvgIpc) is 3.08. The first-order chi connectivity index (χ1) is 8.20. The summed E-state index contributed by atoms with van der Waals surface area (Å²) in [5, 5.41) is 0. The van der Waals surface area contributed by atoms with E-state index in [0.717, 1.165) is 6.61 Å². The van der Waals surface area contributed by atoms with E-state index in [1.807, 2.05) is 18.2 Å². The molecule has 0 radical (unpaired) electrons. The molecule has 5 heteroatoms. The molecule has 0 aliphatic carbocycles. The normalized spacial score (nSPS) is 29.2. The highest BCUT2D eigenvalue weighted by Crippen LogP contribution is 2.46. The molecular formula is C12H14O5. The van der Waals surface area contributed by atoms with Crippen LogP contribution in [0, 0.1) is 0 Å². The predicted molar refractivity (Wildman–Crippen MR) is 58.3 cm³/mol. The Kier molecular flexibility index (Phi) is 2.38. The molecular weight excluding hydrogens is 224 g/mol. The van der Waals surface area contributed by atoms with Gasteiger partial charge in [-0.25, -0.2) is 0 Å². The first kappa shape index (κ1) is 10.7. The molecule has 2 aliphatic rings. The molecule has 0 bridgehead atoms. The second kappa shape index (κ2) is 3.78. The summed E-state index contributed by atoms with van der Waals surface area (Å²) in [6, 6.07) is 5.51. The van der Waals surface area contributed by atoms with Gasteiger partial charge in [0.15, 0.2) is 11.5 Å². The van der Waals surface area contributed by atoms with Gasteiger partial charge in [0, 0.05) is 14.0 Å². The summed E-state index contributed by atoms with van der Waals surface area (Å²) in [6.45, 7) is 3.01. The number of rotatable bonds is 4. The molecule has 0 amide bonds. The number of para-hydroxylation sites is 1. The van der Waals surface area contributed by atoms with Gasteiger partial charge in [-0.2, -0.15) is 0 Å². The van der Waals surface area contributed by atoms with E-state index < -0.39 is 5.97 Å². The SMILES string of the molecule is COC1(C)Oc2cccc(OCC3CO3)c2O1. The van der Waals surface area contributed by atoms with Crippen molar-refractivity contribution in [1.82, 2.24) is 0 Å². The first-order valence-electron chi connectivity index (χ1n) is 5.51. The van der Waals surface area contributed by atoms with Gasteiger partial charge in [-0.3, -0.25) is 0 Å². The molecule has 0 N–H and O–H groups in total. The Morgan fingerprint density at radius 1 is 1.41 bits per heavy atom. The van der Waals surface area contributed by atoms with Gasteiger partial charge in [-0.05, 0) is 12.1 Å². The third kappa shape index (κ3) is 2.03. The van der Waals surface area contributed by atoms with Crippen LogP contribution < -0.4 is 14.2 Å². The van der Waals surface area contributed by atoms with Crippen LogP contribution in [0.4, 0.5) is 0 Å². The Labute approximate surface area is 99.2 Å². The van der Waals surface area contributed by atoms with Crippen molar-refractivity contribution in [2.75, 3.05) is 20.3 Å². The average molecular weight is 238 g/mol. The van der Waals surface area contributed by atoms with Crippen LogP contribution in [0.25, 0.3) is 0 Å². The van der Waals surface area contributed by atoms with Crippen LogP contribution in [0.5, 0.6) is 17.2 Å². The molecule has 1 aromatic rings.